The summed E-state index contributed by atoms with van der Waals surface area (Å²) in [7, 11) is 0. The van der Waals surface area contributed by atoms with Crippen LogP contribution in [0.15, 0.2) is 61.0 Å². The molecule has 2 aromatic heterocycles. The number of fused-ring (bicyclic) bond motifs is 2. The third-order valence-electron chi connectivity index (χ3n) is 5.38. The van der Waals surface area contributed by atoms with Gasteiger partial charge in [0.15, 0.2) is 0 Å². The first-order valence-electron chi connectivity index (χ1n) is 9.96. The van der Waals surface area contributed by atoms with Crippen LogP contribution in [0.4, 0.5) is 0 Å². The monoisotopic (exact) mass is 369 g/mol. The average Bonchev–Trinajstić information content (AvgIpc) is 3.11. The second-order valence-electron chi connectivity index (χ2n) is 7.57. The second-order valence-corrected chi connectivity index (χ2v) is 7.57. The highest BCUT2D eigenvalue weighted by atomic mass is 14.9. The summed E-state index contributed by atoms with van der Waals surface area (Å²) in [6.07, 6.45) is 10.5. The van der Waals surface area contributed by atoms with Crippen molar-refractivity contribution >= 4 is 22.3 Å². The summed E-state index contributed by atoms with van der Waals surface area (Å²) < 4.78 is 0. The summed E-state index contributed by atoms with van der Waals surface area (Å²) >= 11 is 0. The van der Waals surface area contributed by atoms with Crippen LogP contribution in [0.2, 0.25) is 0 Å². The van der Waals surface area contributed by atoms with Crippen LogP contribution in [0.5, 0.6) is 0 Å². The molecule has 0 saturated heterocycles. The van der Waals surface area contributed by atoms with Gasteiger partial charge in [0.05, 0.1) is 0 Å². The zero-order chi connectivity index (χ0) is 19.7. The predicted molar refractivity (Wildman–Crippen MR) is 120 cm³/mol. The summed E-state index contributed by atoms with van der Waals surface area (Å²) in [5.41, 5.74) is 10.7. The lowest BCUT2D eigenvalue weighted by Crippen LogP contribution is -2.21. The van der Waals surface area contributed by atoms with E-state index in [-0.39, 0.29) is 0 Å². The number of rotatable bonds is 4. The van der Waals surface area contributed by atoms with Crippen LogP contribution < -0.4 is 5.32 Å². The van der Waals surface area contributed by atoms with E-state index in [1.807, 2.05) is 6.20 Å². The fraction of sp³-hybridized carbons (Fsp3) is 0.240. The van der Waals surface area contributed by atoms with E-state index >= 15 is 0 Å². The zero-order valence-electron chi connectivity index (χ0n) is 16.9. The van der Waals surface area contributed by atoms with E-state index < -0.39 is 0 Å². The van der Waals surface area contributed by atoms with Gasteiger partial charge in [-0.2, -0.15) is 0 Å². The van der Waals surface area contributed by atoms with Gasteiger partial charge in [0.25, 0.3) is 0 Å². The molecule has 0 fully saturated rings. The van der Waals surface area contributed by atoms with Crippen molar-refractivity contribution in [1.29, 1.82) is 0 Å². The molecule has 28 heavy (non-hydrogen) atoms. The van der Waals surface area contributed by atoms with Gasteiger partial charge < -0.3 is 10.3 Å². The highest BCUT2D eigenvalue weighted by Gasteiger charge is 2.15. The van der Waals surface area contributed by atoms with Crippen molar-refractivity contribution in [2.75, 3.05) is 6.54 Å². The number of nitrogens with zero attached hydrogens (tertiary/aromatic N) is 1. The van der Waals surface area contributed by atoms with E-state index in [1.165, 1.54) is 33.4 Å². The molecule has 1 aromatic carbocycles. The molecule has 1 aliphatic rings. The van der Waals surface area contributed by atoms with Gasteiger partial charge in [-0.25, -0.2) is 4.98 Å². The first-order valence-corrected chi connectivity index (χ1v) is 9.96. The summed E-state index contributed by atoms with van der Waals surface area (Å²) in [6, 6.07) is 8.93. The SMILES string of the molecule is C=C1NCCc2cc(-c3c[nH]c4ncc(C(/C=C\CC)=C(C)C)cc34)ccc21. The molecule has 0 saturated carbocycles. The van der Waals surface area contributed by atoms with Crippen molar-refractivity contribution in [2.45, 2.75) is 33.6 Å². The lowest BCUT2D eigenvalue weighted by atomic mass is 9.93. The minimum absolute atomic E-state index is 0.926. The summed E-state index contributed by atoms with van der Waals surface area (Å²) in [5, 5.41) is 4.51. The van der Waals surface area contributed by atoms with E-state index in [0.29, 0.717) is 0 Å². The Bertz CT molecular complexity index is 1110. The molecule has 0 bridgehead atoms. The van der Waals surface area contributed by atoms with E-state index in [9.17, 15) is 0 Å². The quantitative estimate of drug-likeness (QED) is 0.545. The molecule has 3 heterocycles. The largest absolute Gasteiger partial charge is 0.385 e. The van der Waals surface area contributed by atoms with Gasteiger partial charge in [-0.3, -0.25) is 0 Å². The van der Waals surface area contributed by atoms with Gasteiger partial charge in [0.2, 0.25) is 0 Å². The van der Waals surface area contributed by atoms with Gasteiger partial charge in [-0.05, 0) is 49.5 Å². The van der Waals surface area contributed by atoms with Crippen LogP contribution in [0, 0.1) is 0 Å². The molecule has 0 radical (unpaired) electrons. The minimum atomic E-state index is 0.926. The molecule has 0 spiro atoms. The van der Waals surface area contributed by atoms with Crippen molar-refractivity contribution in [3.05, 3.63) is 77.7 Å². The van der Waals surface area contributed by atoms with Crippen molar-refractivity contribution in [1.82, 2.24) is 15.3 Å². The smallest absolute Gasteiger partial charge is 0.137 e. The van der Waals surface area contributed by atoms with Crippen LogP contribution in [0.3, 0.4) is 0 Å². The number of allylic oxidation sites excluding steroid dienone is 4. The van der Waals surface area contributed by atoms with E-state index in [4.69, 9.17) is 4.98 Å². The van der Waals surface area contributed by atoms with Crippen LogP contribution >= 0.6 is 0 Å². The van der Waals surface area contributed by atoms with Gasteiger partial charge >= 0.3 is 0 Å². The topological polar surface area (TPSA) is 40.7 Å². The summed E-state index contributed by atoms with van der Waals surface area (Å²) in [4.78, 5) is 8.03. The van der Waals surface area contributed by atoms with Crippen LogP contribution in [-0.4, -0.2) is 16.5 Å². The van der Waals surface area contributed by atoms with Crippen molar-refractivity contribution in [3.8, 4) is 11.1 Å². The first kappa shape index (κ1) is 18.3. The van der Waals surface area contributed by atoms with Crippen LogP contribution in [0.25, 0.3) is 33.4 Å². The third-order valence-corrected chi connectivity index (χ3v) is 5.38. The number of aromatic amines is 1. The van der Waals surface area contributed by atoms with Crippen molar-refractivity contribution in [2.24, 2.45) is 0 Å². The molecular weight excluding hydrogens is 342 g/mol. The van der Waals surface area contributed by atoms with Crippen LogP contribution in [0.1, 0.15) is 43.9 Å². The van der Waals surface area contributed by atoms with E-state index in [2.05, 4.69) is 80.3 Å². The maximum absolute atomic E-state index is 4.69. The zero-order valence-corrected chi connectivity index (χ0v) is 16.9. The Hall–Kier alpha value is -3.07. The minimum Gasteiger partial charge on any atom is -0.385 e. The Kier molecular flexibility index (Phi) is 4.91. The normalized spacial score (nSPS) is 13.6. The Balaban J connectivity index is 1.82. The molecule has 0 aliphatic carbocycles. The highest BCUT2D eigenvalue weighted by Crippen LogP contribution is 2.33. The highest BCUT2D eigenvalue weighted by molar-refractivity contribution is 5.96. The molecule has 4 rings (SSSR count). The lowest BCUT2D eigenvalue weighted by Gasteiger charge is -2.20. The fourth-order valence-corrected chi connectivity index (χ4v) is 3.88. The van der Waals surface area contributed by atoms with Crippen LogP contribution in [-0.2, 0) is 6.42 Å². The van der Waals surface area contributed by atoms with Gasteiger partial charge in [0.1, 0.15) is 5.65 Å². The Morgan fingerprint density at radius 3 is 2.86 bits per heavy atom. The van der Waals surface area contributed by atoms with Gasteiger partial charge in [-0.15, -0.1) is 0 Å². The van der Waals surface area contributed by atoms with E-state index in [1.54, 1.807) is 0 Å². The fourth-order valence-electron chi connectivity index (χ4n) is 3.88. The molecule has 2 N–H and O–H groups in total. The Labute approximate surface area is 166 Å². The molecule has 1 aliphatic heterocycles. The molecule has 0 unspecified atom stereocenters. The molecule has 3 heteroatoms. The molecule has 3 aromatic rings. The average molecular weight is 370 g/mol. The second kappa shape index (κ2) is 7.51. The maximum Gasteiger partial charge on any atom is 0.137 e. The number of nitrogens with one attached hydrogen (secondary N) is 2. The van der Waals surface area contributed by atoms with Crippen molar-refractivity contribution < 1.29 is 0 Å². The number of aromatic nitrogens is 2. The molecule has 142 valence electrons. The lowest BCUT2D eigenvalue weighted by molar-refractivity contribution is 0.816. The number of H-pyrrole nitrogens is 1. The Morgan fingerprint density at radius 2 is 2.07 bits per heavy atom. The maximum atomic E-state index is 4.69. The van der Waals surface area contributed by atoms with Crippen molar-refractivity contribution in [3.63, 3.8) is 0 Å². The first-order chi connectivity index (χ1) is 13.6. The standard InChI is InChI=1S/C25H27N3/c1-5-6-7-21(16(2)3)20-13-23-24(15-28-25(23)27-14-20)18-8-9-22-17(4)26-11-10-19(22)12-18/h6-9,12-15,26H,4-5,10-11H2,1-3H3,(H,27,28)/b7-6-. The number of pyridine rings is 1. The summed E-state index contributed by atoms with van der Waals surface area (Å²) in [5.74, 6) is 0. The Morgan fingerprint density at radius 1 is 1.21 bits per heavy atom. The number of benzene rings is 1. The summed E-state index contributed by atoms with van der Waals surface area (Å²) in [6.45, 7) is 11.5. The van der Waals surface area contributed by atoms with Gasteiger partial charge in [0, 0.05) is 46.7 Å². The third kappa shape index (κ3) is 3.29. The predicted octanol–water partition coefficient (Wildman–Crippen LogP) is 6.11. The van der Waals surface area contributed by atoms with E-state index in [0.717, 1.165) is 41.7 Å². The number of hydrogen-bond acceptors (Lipinski definition) is 2. The molecule has 0 atom stereocenters. The molecular formula is C25H27N3. The van der Waals surface area contributed by atoms with Gasteiger partial charge in [-0.1, -0.05) is 49.4 Å². The molecule has 0 amide bonds. The molecule has 3 nitrogen and oxygen atoms in total. The number of hydrogen-bond donors (Lipinski definition) is 2.